The number of nitrogens with zero attached hydrogens (tertiary/aromatic N) is 6. The number of ether oxygens (including phenoxy) is 3. The van der Waals surface area contributed by atoms with Gasteiger partial charge in [-0.3, -0.25) is 34.1 Å². The molecule has 4 aliphatic rings. The number of aromatic hydroxyl groups is 1. The summed E-state index contributed by atoms with van der Waals surface area (Å²) in [4.78, 5) is 69.5. The number of pyridine rings is 1. The van der Waals surface area contributed by atoms with Gasteiger partial charge in [-0.05, 0) is 111 Å². The Morgan fingerprint density at radius 3 is 2.49 bits per heavy atom. The summed E-state index contributed by atoms with van der Waals surface area (Å²) in [6.07, 6.45) is 2.82. The van der Waals surface area contributed by atoms with Gasteiger partial charge in [0.25, 0.3) is 11.8 Å². The van der Waals surface area contributed by atoms with Crippen LogP contribution in [0.1, 0.15) is 101 Å². The maximum Gasteiger partial charge on any atom is 0.324 e. The van der Waals surface area contributed by atoms with Gasteiger partial charge in [-0.15, -0.1) is 0 Å². The molecular formula is C62H78N8O8. The van der Waals surface area contributed by atoms with Crippen molar-refractivity contribution < 1.29 is 38.5 Å². The predicted octanol–water partition coefficient (Wildman–Crippen LogP) is 7.11. The second kappa shape index (κ2) is 24.2. The zero-order chi connectivity index (χ0) is 55.4. The Hall–Kier alpha value is -6.61. The van der Waals surface area contributed by atoms with Crippen molar-refractivity contribution in [3.63, 3.8) is 0 Å². The molecule has 5 aromatic rings. The number of fused-ring (bicyclic) bond motifs is 6. The monoisotopic (exact) mass is 1060 g/mol. The van der Waals surface area contributed by atoms with Gasteiger partial charge in [-0.2, -0.15) is 0 Å². The molecule has 3 amide bonds. The fourth-order valence-corrected chi connectivity index (χ4v) is 11.8. The van der Waals surface area contributed by atoms with Gasteiger partial charge in [-0.1, -0.05) is 82.0 Å². The number of aryl methyl sites for hydroxylation is 1. The highest BCUT2D eigenvalue weighted by Gasteiger charge is 2.42. The average Bonchev–Trinajstić information content (AvgIpc) is 4.23. The molecule has 414 valence electrons. The minimum Gasteiger partial charge on any atom is -0.508 e. The lowest BCUT2D eigenvalue weighted by Crippen LogP contribution is -2.62. The summed E-state index contributed by atoms with van der Waals surface area (Å²) < 4.78 is 20.6. The number of aromatic nitrogens is 2. The van der Waals surface area contributed by atoms with E-state index in [1.54, 1.807) is 26.3 Å². The average molecular weight is 1060 g/mol. The first-order valence-corrected chi connectivity index (χ1v) is 27.8. The molecule has 0 radical (unpaired) electrons. The molecule has 9 rings (SSSR count). The highest BCUT2D eigenvalue weighted by atomic mass is 16.5. The van der Waals surface area contributed by atoms with Gasteiger partial charge in [0.2, 0.25) is 5.91 Å². The fourth-order valence-electron chi connectivity index (χ4n) is 11.8. The molecule has 3 saturated heterocycles. The number of benzene rings is 3. The summed E-state index contributed by atoms with van der Waals surface area (Å²) >= 11 is 0. The molecule has 16 heteroatoms. The van der Waals surface area contributed by atoms with Crippen LogP contribution in [0.4, 0.5) is 0 Å². The predicted molar refractivity (Wildman–Crippen MR) is 301 cm³/mol. The third-order valence-corrected chi connectivity index (χ3v) is 16.1. The van der Waals surface area contributed by atoms with Crippen LogP contribution in [0, 0.1) is 23.2 Å². The maximum absolute atomic E-state index is 14.9. The largest absolute Gasteiger partial charge is 0.508 e. The molecule has 3 aromatic carbocycles. The van der Waals surface area contributed by atoms with Gasteiger partial charge >= 0.3 is 5.97 Å². The first kappa shape index (κ1) is 56.1. The molecule has 6 atom stereocenters. The first-order valence-electron chi connectivity index (χ1n) is 27.8. The van der Waals surface area contributed by atoms with Gasteiger partial charge < -0.3 is 39.0 Å². The summed E-state index contributed by atoms with van der Waals surface area (Å²) in [6.45, 7) is 18.1. The molecular weight excluding hydrogens is 985 g/mol. The molecule has 3 N–H and O–H groups in total. The van der Waals surface area contributed by atoms with E-state index in [2.05, 4.69) is 83.0 Å². The molecule has 0 saturated carbocycles. The Kier molecular flexibility index (Phi) is 17.4. The lowest BCUT2D eigenvalue weighted by atomic mass is 9.84. The number of cyclic esters (lactones) is 1. The van der Waals surface area contributed by atoms with Gasteiger partial charge in [-0.25, -0.2) is 5.43 Å². The smallest absolute Gasteiger partial charge is 0.324 e. The van der Waals surface area contributed by atoms with Crippen LogP contribution in [-0.2, 0) is 52.8 Å². The Bertz CT molecular complexity index is 3060. The van der Waals surface area contributed by atoms with E-state index < -0.39 is 47.4 Å². The van der Waals surface area contributed by atoms with Crippen LogP contribution in [0.3, 0.4) is 0 Å². The van der Waals surface area contributed by atoms with Crippen molar-refractivity contribution in [2.75, 3.05) is 73.7 Å². The van der Waals surface area contributed by atoms with Crippen LogP contribution in [0.15, 0.2) is 79.0 Å². The summed E-state index contributed by atoms with van der Waals surface area (Å²) in [5.74, 6) is 4.56. The first-order chi connectivity index (χ1) is 37.4. The number of hydrogen-bond donors (Lipinski definition) is 3. The molecule has 6 heterocycles. The number of carbonyl (C=O) groups is 4. The van der Waals surface area contributed by atoms with Crippen molar-refractivity contribution in [3.05, 3.63) is 107 Å². The Balaban J connectivity index is 1.11. The van der Waals surface area contributed by atoms with Crippen LogP contribution >= 0.6 is 0 Å². The van der Waals surface area contributed by atoms with Crippen LogP contribution in [0.25, 0.3) is 33.3 Å². The van der Waals surface area contributed by atoms with Crippen molar-refractivity contribution in [3.8, 4) is 40.0 Å². The number of phenols is 1. The van der Waals surface area contributed by atoms with Crippen LogP contribution < -0.4 is 10.7 Å². The number of nitrogens with one attached hydrogen (secondary N) is 2. The normalized spacial score (nSPS) is 22.1. The number of piperazine rings is 1. The fraction of sp³-hybridized carbons (Fsp3) is 0.500. The summed E-state index contributed by atoms with van der Waals surface area (Å²) in [6, 6.07) is 20.5. The van der Waals surface area contributed by atoms with Gasteiger partial charge in [0.15, 0.2) is 0 Å². The molecule has 6 unspecified atom stereocenters. The van der Waals surface area contributed by atoms with E-state index in [1.165, 1.54) is 9.91 Å². The Morgan fingerprint density at radius 2 is 1.76 bits per heavy atom. The number of carbonyl (C=O) groups excluding carboxylic acids is 4. The number of rotatable bonds is 11. The zero-order valence-electron chi connectivity index (χ0n) is 46.9. The third kappa shape index (κ3) is 12.3. The zero-order valence-corrected chi connectivity index (χ0v) is 46.9. The van der Waals surface area contributed by atoms with E-state index in [1.807, 2.05) is 69.4 Å². The highest BCUT2D eigenvalue weighted by Crippen LogP contribution is 2.43. The number of hydrogen-bond acceptors (Lipinski definition) is 12. The molecule has 2 aromatic heterocycles. The number of likely N-dealkylation sites (N-methyl/N-ethyl adjacent to an activating group) is 2. The quantitative estimate of drug-likeness (QED) is 0.0907. The minimum absolute atomic E-state index is 0.00801. The molecule has 0 spiro atoms. The molecule has 0 aliphatic carbocycles. The molecule has 4 aliphatic heterocycles. The van der Waals surface area contributed by atoms with Crippen molar-refractivity contribution in [2.24, 2.45) is 11.3 Å². The van der Waals surface area contributed by atoms with E-state index >= 15 is 0 Å². The van der Waals surface area contributed by atoms with Crippen molar-refractivity contribution in [1.29, 1.82) is 0 Å². The topological polar surface area (TPSA) is 171 Å². The minimum atomic E-state index is -1.17. The number of phenolic OH excluding ortho intramolecular Hbond substituents is 1. The second-order valence-electron chi connectivity index (χ2n) is 22.9. The Morgan fingerprint density at radius 1 is 0.987 bits per heavy atom. The molecule has 78 heavy (non-hydrogen) atoms. The third-order valence-electron chi connectivity index (χ3n) is 16.1. The van der Waals surface area contributed by atoms with E-state index in [9.17, 15) is 24.3 Å². The van der Waals surface area contributed by atoms with Crippen molar-refractivity contribution in [2.45, 2.75) is 116 Å². The number of hydrazine groups is 1. The molecule has 6 bridgehead atoms. The van der Waals surface area contributed by atoms with Crippen LogP contribution in [0.5, 0.6) is 5.75 Å². The van der Waals surface area contributed by atoms with E-state index in [0.717, 1.165) is 81.9 Å². The highest BCUT2D eigenvalue weighted by molar-refractivity contribution is 5.96. The van der Waals surface area contributed by atoms with E-state index in [0.29, 0.717) is 50.9 Å². The van der Waals surface area contributed by atoms with Crippen LogP contribution in [0.2, 0.25) is 0 Å². The van der Waals surface area contributed by atoms with E-state index in [-0.39, 0.29) is 49.2 Å². The van der Waals surface area contributed by atoms with Crippen molar-refractivity contribution in [1.82, 2.24) is 40.0 Å². The van der Waals surface area contributed by atoms with E-state index in [4.69, 9.17) is 19.2 Å². The summed E-state index contributed by atoms with van der Waals surface area (Å²) in [7, 11) is 5.45. The molecule has 3 fully saturated rings. The standard InChI is InChI=1S/C62H78N8O8/c1-10-69-53-21-20-44-35-48(53)50(56(69)49-32-41(37-63-54(49)40(4)76-9)16-14-23-68-27-25-66(7)26-28-68)36-62(5,6)38-78-61(75)51-19-15-24-70(65-51)59(73)52(33-42-30-45(44)34-46(71)31-42)64-58(72)55(39(2)3)67(8)60(74)57-47(22-29-77-57)43-17-12-11-13-18-43/h11-13,17-18,20-21,30-32,34-35,37,39-40,47,51-52,55,57,65,71H,10,15,19,22-29,33,36,38H2,1-9H3,(H,64,72). The van der Waals surface area contributed by atoms with Crippen molar-refractivity contribution >= 4 is 34.6 Å². The van der Waals surface area contributed by atoms with Gasteiger partial charge in [0.05, 0.1) is 30.6 Å². The van der Waals surface area contributed by atoms with Crippen LogP contribution in [-0.4, -0.2) is 156 Å². The SMILES string of the molecule is CCn1c(-c2cc(C#CCN3CCN(C)CC3)cnc2C(C)OC)c2c3cc(ccc31)-c1cc(O)cc(c1)CC(NC(=O)C(C(C)C)N(C)C(=O)C1OCCC1c1ccccc1)C(=O)N1CCCC(N1)C(=O)OCC(C)(C)C2. The number of amides is 3. The summed E-state index contributed by atoms with van der Waals surface area (Å²) in [5, 5.41) is 17.0. The van der Waals surface area contributed by atoms with Gasteiger partial charge in [0, 0.05) is 106 Å². The lowest BCUT2D eigenvalue weighted by molar-refractivity contribution is -0.155. The lowest BCUT2D eigenvalue weighted by Gasteiger charge is -2.37. The number of esters is 1. The summed E-state index contributed by atoms with van der Waals surface area (Å²) in [5.41, 5.74) is 11.2. The number of methoxy groups -OCH3 is 1. The maximum atomic E-state index is 14.9. The van der Waals surface area contributed by atoms with Gasteiger partial charge in [0.1, 0.15) is 30.0 Å². The Labute approximate surface area is 459 Å². The molecule has 16 nitrogen and oxygen atoms in total. The second-order valence-corrected chi connectivity index (χ2v) is 22.9.